The maximum Gasteiger partial charge on any atom is 0.354 e. The highest BCUT2D eigenvalue weighted by atomic mass is 16.5. The Hall–Kier alpha value is -1.50. The van der Waals surface area contributed by atoms with Crippen molar-refractivity contribution in [1.29, 1.82) is 0 Å². The van der Waals surface area contributed by atoms with Gasteiger partial charge in [-0.3, -0.25) is 4.90 Å². The largest absolute Gasteiger partial charge is 0.477 e. The fraction of sp³-hybridized carbons (Fsp3) is 0.571. The highest BCUT2D eigenvalue weighted by molar-refractivity contribution is 5.85. The second kappa shape index (κ2) is 8.63. The molecule has 1 rings (SSSR count). The van der Waals surface area contributed by atoms with E-state index in [-0.39, 0.29) is 11.7 Å². The van der Waals surface area contributed by atoms with Gasteiger partial charge in [-0.1, -0.05) is 0 Å². The Morgan fingerprint density at radius 2 is 2.20 bits per heavy atom. The number of hydrogen-bond acceptors (Lipinski definition) is 5. The first-order chi connectivity index (χ1) is 9.58. The number of aromatic carboxylic acids is 1. The number of rotatable bonds is 9. The van der Waals surface area contributed by atoms with E-state index in [0.29, 0.717) is 19.8 Å². The van der Waals surface area contributed by atoms with E-state index in [1.807, 2.05) is 6.07 Å². The van der Waals surface area contributed by atoms with Gasteiger partial charge >= 0.3 is 5.97 Å². The molecular formula is C14H22N2O4. The molecule has 1 unspecified atom stereocenters. The standard InChI is InChI=1S/C14H22N2O4/c1-11(10-20-3)16(6-7-19-2)9-12-4-5-15-13(8-12)14(17)18/h4-5,8,11H,6-7,9-10H2,1-3H3,(H,17,18). The number of carbonyl (C=O) groups is 1. The maximum absolute atomic E-state index is 10.9. The van der Waals surface area contributed by atoms with E-state index in [4.69, 9.17) is 14.6 Å². The molecule has 1 heterocycles. The molecule has 0 amide bonds. The molecule has 1 N–H and O–H groups in total. The summed E-state index contributed by atoms with van der Waals surface area (Å²) in [6, 6.07) is 3.64. The van der Waals surface area contributed by atoms with Crippen LogP contribution in [0, 0.1) is 0 Å². The average molecular weight is 282 g/mol. The predicted molar refractivity (Wildman–Crippen MR) is 74.8 cm³/mol. The molecule has 0 aliphatic rings. The molecule has 6 heteroatoms. The minimum Gasteiger partial charge on any atom is -0.477 e. The van der Waals surface area contributed by atoms with Crippen LogP contribution < -0.4 is 0 Å². The molecule has 20 heavy (non-hydrogen) atoms. The highest BCUT2D eigenvalue weighted by Gasteiger charge is 2.15. The van der Waals surface area contributed by atoms with Gasteiger partial charge in [0.05, 0.1) is 13.2 Å². The fourth-order valence-electron chi connectivity index (χ4n) is 1.93. The zero-order valence-corrected chi connectivity index (χ0v) is 12.2. The van der Waals surface area contributed by atoms with Crippen molar-refractivity contribution in [2.24, 2.45) is 0 Å². The first-order valence-electron chi connectivity index (χ1n) is 6.48. The van der Waals surface area contributed by atoms with Crippen molar-refractivity contribution in [3.8, 4) is 0 Å². The minimum atomic E-state index is -1.01. The molecule has 0 spiro atoms. The molecule has 112 valence electrons. The van der Waals surface area contributed by atoms with Gasteiger partial charge in [0.2, 0.25) is 0 Å². The molecule has 0 saturated carbocycles. The number of hydrogen-bond donors (Lipinski definition) is 1. The lowest BCUT2D eigenvalue weighted by Crippen LogP contribution is -2.38. The van der Waals surface area contributed by atoms with Crippen LogP contribution in [0.25, 0.3) is 0 Å². The van der Waals surface area contributed by atoms with Crippen LogP contribution in [0.2, 0.25) is 0 Å². The van der Waals surface area contributed by atoms with Crippen molar-refractivity contribution in [3.05, 3.63) is 29.6 Å². The van der Waals surface area contributed by atoms with Crippen molar-refractivity contribution in [2.75, 3.05) is 34.0 Å². The molecule has 0 bridgehead atoms. The van der Waals surface area contributed by atoms with Crippen molar-refractivity contribution in [2.45, 2.75) is 19.5 Å². The number of pyridine rings is 1. The third kappa shape index (κ3) is 5.24. The number of nitrogens with zero attached hydrogens (tertiary/aromatic N) is 2. The van der Waals surface area contributed by atoms with Gasteiger partial charge in [-0.05, 0) is 24.6 Å². The summed E-state index contributed by atoms with van der Waals surface area (Å²) < 4.78 is 10.3. The number of ether oxygens (including phenoxy) is 2. The third-order valence-corrected chi connectivity index (χ3v) is 3.04. The number of carboxylic acid groups (broad SMARTS) is 1. The SMILES string of the molecule is COCCN(Cc1ccnc(C(=O)O)c1)C(C)COC. The Bertz CT molecular complexity index is 425. The molecule has 0 aliphatic carbocycles. The van der Waals surface area contributed by atoms with Gasteiger partial charge in [-0.15, -0.1) is 0 Å². The van der Waals surface area contributed by atoms with Crippen LogP contribution in [0.1, 0.15) is 23.0 Å². The molecule has 1 aromatic heterocycles. The van der Waals surface area contributed by atoms with E-state index in [1.165, 1.54) is 6.20 Å². The molecule has 0 aliphatic heterocycles. The molecule has 0 saturated heterocycles. The monoisotopic (exact) mass is 282 g/mol. The van der Waals surface area contributed by atoms with Gasteiger partial charge in [-0.2, -0.15) is 0 Å². The fourth-order valence-corrected chi connectivity index (χ4v) is 1.93. The van der Waals surface area contributed by atoms with Crippen molar-refractivity contribution >= 4 is 5.97 Å². The smallest absolute Gasteiger partial charge is 0.354 e. The van der Waals surface area contributed by atoms with Crippen LogP contribution in [0.3, 0.4) is 0 Å². The van der Waals surface area contributed by atoms with Crippen molar-refractivity contribution in [3.63, 3.8) is 0 Å². The van der Waals surface area contributed by atoms with Crippen LogP contribution in [0.4, 0.5) is 0 Å². The van der Waals surface area contributed by atoms with Gasteiger partial charge in [0.15, 0.2) is 0 Å². The summed E-state index contributed by atoms with van der Waals surface area (Å²) in [4.78, 5) is 16.9. The number of carboxylic acids is 1. The van der Waals surface area contributed by atoms with E-state index >= 15 is 0 Å². The summed E-state index contributed by atoms with van der Waals surface area (Å²) in [7, 11) is 3.33. The molecule has 1 atom stereocenters. The zero-order chi connectivity index (χ0) is 15.0. The quantitative estimate of drug-likeness (QED) is 0.735. The van der Waals surface area contributed by atoms with Crippen LogP contribution in [-0.2, 0) is 16.0 Å². The Morgan fingerprint density at radius 1 is 1.45 bits per heavy atom. The molecule has 0 aromatic carbocycles. The predicted octanol–water partition coefficient (Wildman–Crippen LogP) is 1.26. The van der Waals surface area contributed by atoms with E-state index in [2.05, 4.69) is 16.8 Å². The summed E-state index contributed by atoms with van der Waals surface area (Å²) in [6.07, 6.45) is 1.52. The third-order valence-electron chi connectivity index (χ3n) is 3.04. The first kappa shape index (κ1) is 16.6. The Balaban J connectivity index is 2.77. The van der Waals surface area contributed by atoms with Crippen LogP contribution in [0.5, 0.6) is 0 Å². The van der Waals surface area contributed by atoms with E-state index in [1.54, 1.807) is 20.3 Å². The van der Waals surface area contributed by atoms with Crippen molar-refractivity contribution in [1.82, 2.24) is 9.88 Å². The summed E-state index contributed by atoms with van der Waals surface area (Å²) in [5, 5.41) is 8.96. The number of methoxy groups -OCH3 is 2. The second-order valence-corrected chi connectivity index (χ2v) is 4.62. The Morgan fingerprint density at radius 3 is 2.80 bits per heavy atom. The van der Waals surface area contributed by atoms with Crippen LogP contribution in [0.15, 0.2) is 18.3 Å². The maximum atomic E-state index is 10.9. The summed E-state index contributed by atoms with van der Waals surface area (Å²) in [5.41, 5.74) is 0.977. The average Bonchev–Trinajstić information content (AvgIpc) is 2.44. The van der Waals surface area contributed by atoms with Gasteiger partial charge in [0.25, 0.3) is 0 Å². The van der Waals surface area contributed by atoms with Crippen LogP contribution >= 0.6 is 0 Å². The summed E-state index contributed by atoms with van der Waals surface area (Å²) >= 11 is 0. The topological polar surface area (TPSA) is 71.9 Å². The second-order valence-electron chi connectivity index (χ2n) is 4.62. The highest BCUT2D eigenvalue weighted by Crippen LogP contribution is 2.10. The van der Waals surface area contributed by atoms with E-state index in [9.17, 15) is 4.79 Å². The minimum absolute atomic E-state index is 0.0635. The summed E-state index contributed by atoms with van der Waals surface area (Å²) in [6.45, 7) is 4.69. The molecular weight excluding hydrogens is 260 g/mol. The Labute approximate surface area is 119 Å². The van der Waals surface area contributed by atoms with Gasteiger partial charge < -0.3 is 14.6 Å². The Kier molecular flexibility index (Phi) is 7.14. The normalized spacial score (nSPS) is 12.6. The van der Waals surface area contributed by atoms with Gasteiger partial charge in [0, 0.05) is 39.5 Å². The lowest BCUT2D eigenvalue weighted by Gasteiger charge is -2.28. The molecule has 1 aromatic rings. The molecule has 0 radical (unpaired) electrons. The summed E-state index contributed by atoms with van der Waals surface area (Å²) in [5.74, 6) is -1.01. The van der Waals surface area contributed by atoms with Gasteiger partial charge in [-0.25, -0.2) is 9.78 Å². The lowest BCUT2D eigenvalue weighted by molar-refractivity contribution is 0.0682. The van der Waals surface area contributed by atoms with Gasteiger partial charge in [0.1, 0.15) is 5.69 Å². The zero-order valence-electron chi connectivity index (χ0n) is 12.2. The van der Waals surface area contributed by atoms with E-state index < -0.39 is 5.97 Å². The number of aromatic nitrogens is 1. The van der Waals surface area contributed by atoms with Crippen LogP contribution in [-0.4, -0.2) is 61.0 Å². The first-order valence-corrected chi connectivity index (χ1v) is 6.48. The molecule has 0 fully saturated rings. The van der Waals surface area contributed by atoms with E-state index in [0.717, 1.165) is 12.1 Å². The molecule has 6 nitrogen and oxygen atoms in total. The lowest BCUT2D eigenvalue weighted by atomic mass is 10.2. The van der Waals surface area contributed by atoms with Crippen molar-refractivity contribution < 1.29 is 19.4 Å².